The van der Waals surface area contributed by atoms with Gasteiger partial charge in [-0.25, -0.2) is 4.39 Å². The molecule has 0 spiro atoms. The zero-order valence-electron chi connectivity index (χ0n) is 32.5. The molecule has 6 aliphatic rings. The first kappa shape index (κ1) is 36.9. The Hall–Kier alpha value is -5.39. The van der Waals surface area contributed by atoms with E-state index in [-0.39, 0.29) is 24.7 Å². The summed E-state index contributed by atoms with van der Waals surface area (Å²) >= 11 is 0. The van der Waals surface area contributed by atoms with Gasteiger partial charge in [0.05, 0.1) is 24.2 Å². The minimum Gasteiger partial charge on any atom is -0.508 e. The molecule has 0 saturated carbocycles. The Labute approximate surface area is 337 Å². The Kier molecular flexibility index (Phi) is 9.20. The van der Waals surface area contributed by atoms with Crippen molar-refractivity contribution in [2.45, 2.75) is 75.2 Å². The first-order valence-corrected chi connectivity index (χ1v) is 20.8. The molecule has 5 heterocycles. The molecule has 4 amide bonds. The van der Waals surface area contributed by atoms with Gasteiger partial charge in [-0.3, -0.25) is 39.2 Å². The minimum atomic E-state index is -1.24. The fourth-order valence-corrected chi connectivity index (χ4v) is 10.8. The van der Waals surface area contributed by atoms with Gasteiger partial charge < -0.3 is 10.0 Å². The Balaban J connectivity index is 0.716. The van der Waals surface area contributed by atoms with E-state index in [1.165, 1.54) is 22.3 Å². The van der Waals surface area contributed by atoms with Gasteiger partial charge in [-0.05, 0) is 127 Å². The van der Waals surface area contributed by atoms with Crippen LogP contribution in [0.3, 0.4) is 0 Å². The topological polar surface area (TPSA) is 114 Å². The van der Waals surface area contributed by atoms with E-state index in [1.54, 1.807) is 6.07 Å². The fraction of sp³-hybridized carbons (Fsp3) is 0.404. The van der Waals surface area contributed by atoms with Gasteiger partial charge >= 0.3 is 0 Å². The number of fused-ring (bicyclic) bond motifs is 3. The fourth-order valence-electron chi connectivity index (χ4n) is 10.8. The lowest BCUT2D eigenvalue weighted by molar-refractivity contribution is -0.136. The highest BCUT2D eigenvalue weighted by atomic mass is 19.1. The summed E-state index contributed by atoms with van der Waals surface area (Å²) in [5, 5.41) is 12.5. The van der Waals surface area contributed by atoms with E-state index >= 15 is 4.39 Å². The summed E-state index contributed by atoms with van der Waals surface area (Å²) in [6.07, 6.45) is 4.18. The number of anilines is 1. The molecule has 5 aliphatic heterocycles. The lowest BCUT2D eigenvalue weighted by Crippen LogP contribution is -2.64. The number of imide groups is 2. The van der Waals surface area contributed by atoms with Crippen LogP contribution in [0.25, 0.3) is 0 Å². The van der Waals surface area contributed by atoms with Crippen LogP contribution in [0.4, 0.5) is 10.1 Å². The number of phenols is 1. The summed E-state index contributed by atoms with van der Waals surface area (Å²) in [5.74, 6) is -0.617. The monoisotopic (exact) mass is 781 g/mol. The highest BCUT2D eigenvalue weighted by molar-refractivity contribution is 6.23. The van der Waals surface area contributed by atoms with Crippen molar-refractivity contribution in [2.75, 3.05) is 44.2 Å². The van der Waals surface area contributed by atoms with Crippen LogP contribution >= 0.6 is 0 Å². The molecule has 0 radical (unpaired) electrons. The van der Waals surface area contributed by atoms with Crippen molar-refractivity contribution in [2.24, 2.45) is 5.92 Å². The number of alkyl halides is 1. The Morgan fingerprint density at radius 2 is 1.41 bits per heavy atom. The van der Waals surface area contributed by atoms with Gasteiger partial charge in [-0.1, -0.05) is 48.5 Å². The molecule has 1 unspecified atom stereocenters. The van der Waals surface area contributed by atoms with E-state index in [0.29, 0.717) is 61.4 Å². The number of aryl methyl sites for hydroxylation is 1. The van der Waals surface area contributed by atoms with Crippen molar-refractivity contribution in [1.82, 2.24) is 20.0 Å². The van der Waals surface area contributed by atoms with Gasteiger partial charge in [0.2, 0.25) is 11.8 Å². The number of carbonyl (C=O) groups is 4. The molecule has 298 valence electrons. The highest BCUT2D eigenvalue weighted by Crippen LogP contribution is 2.47. The summed E-state index contributed by atoms with van der Waals surface area (Å²) in [6, 6.07) is 27.9. The number of halogens is 1. The lowest BCUT2D eigenvalue weighted by atomic mass is 9.69. The number of phenolic OH excluding ortho intramolecular Hbond substituents is 1. The molecule has 4 aromatic rings. The maximum atomic E-state index is 16.1. The van der Waals surface area contributed by atoms with E-state index in [4.69, 9.17) is 0 Å². The second-order valence-corrected chi connectivity index (χ2v) is 17.5. The van der Waals surface area contributed by atoms with E-state index in [0.717, 1.165) is 67.0 Å². The van der Waals surface area contributed by atoms with Crippen LogP contribution in [0, 0.1) is 5.92 Å². The zero-order valence-corrected chi connectivity index (χ0v) is 32.5. The minimum absolute atomic E-state index is 0.0964. The molecule has 0 bridgehead atoms. The number of benzene rings is 4. The van der Waals surface area contributed by atoms with Crippen molar-refractivity contribution >= 4 is 29.3 Å². The van der Waals surface area contributed by atoms with Crippen molar-refractivity contribution in [3.8, 4) is 5.75 Å². The number of hydrogen-bond donors (Lipinski definition) is 2. The van der Waals surface area contributed by atoms with Crippen molar-refractivity contribution in [3.63, 3.8) is 0 Å². The number of hydrogen-bond acceptors (Lipinski definition) is 8. The van der Waals surface area contributed by atoms with Gasteiger partial charge in [0.15, 0.2) is 5.67 Å². The smallest absolute Gasteiger partial charge is 0.262 e. The molecule has 0 aromatic heterocycles. The van der Waals surface area contributed by atoms with Crippen molar-refractivity contribution < 1.29 is 28.7 Å². The predicted octanol–water partition coefficient (Wildman–Crippen LogP) is 5.91. The number of carbonyl (C=O) groups excluding carboxylic acids is 4. The zero-order chi connectivity index (χ0) is 39.7. The molecular formula is C47H48FN5O5. The standard InChI is InChI=1S/C47H48FN5O5/c48-47(27-52(28-47)35-9-6-31(7-10-35)43-37(30-4-2-1-3-5-30)12-8-32-20-36(54)11-13-38(32)43)26-50-18-16-29(17-19-50)23-51-24-33-21-39-40(22-34(33)25-51)46(58)53(45(39)57)41-14-15-42(55)49-44(41)56/h1-7,9-11,13,20-22,29,37,41,43,54H,8,12,14-19,23-28H2,(H,49,55,56)/t37-,41?,43+/m1/s1. The second kappa shape index (κ2) is 14.5. The second-order valence-electron chi connectivity index (χ2n) is 17.5. The summed E-state index contributed by atoms with van der Waals surface area (Å²) in [7, 11) is 0. The van der Waals surface area contributed by atoms with Gasteiger partial charge in [0.1, 0.15) is 11.8 Å². The highest BCUT2D eigenvalue weighted by Gasteiger charge is 2.47. The number of amides is 4. The molecular weight excluding hydrogens is 734 g/mol. The summed E-state index contributed by atoms with van der Waals surface area (Å²) in [4.78, 5) is 58.6. The molecule has 4 aromatic carbocycles. The number of piperidine rings is 2. The molecule has 2 N–H and O–H groups in total. The van der Waals surface area contributed by atoms with E-state index < -0.39 is 29.4 Å². The maximum Gasteiger partial charge on any atom is 0.262 e. The average molecular weight is 782 g/mol. The molecule has 3 fully saturated rings. The largest absolute Gasteiger partial charge is 0.508 e. The molecule has 3 saturated heterocycles. The first-order valence-electron chi connectivity index (χ1n) is 20.8. The SMILES string of the molecule is O=C1CCC(N2C(=O)c3cc4c(cc3C2=O)CN(CC2CCN(CC3(F)CN(c5ccc([C@@H]6c7ccc(O)cc7CC[C@@H]6c6ccccc6)cc5)C3)CC2)C4)C(=O)N1. The third kappa shape index (κ3) is 6.67. The molecule has 10 nitrogen and oxygen atoms in total. The third-order valence-electron chi connectivity index (χ3n) is 13.7. The van der Waals surface area contributed by atoms with Crippen LogP contribution in [0.2, 0.25) is 0 Å². The number of likely N-dealkylation sites (tertiary alicyclic amines) is 1. The molecule has 1 aliphatic carbocycles. The summed E-state index contributed by atoms with van der Waals surface area (Å²) in [5.41, 5.74) is 7.58. The predicted molar refractivity (Wildman–Crippen MR) is 216 cm³/mol. The van der Waals surface area contributed by atoms with Crippen LogP contribution < -0.4 is 10.2 Å². The average Bonchev–Trinajstić information content (AvgIpc) is 3.72. The molecule has 3 atom stereocenters. The molecule has 10 rings (SSSR count). The van der Waals surface area contributed by atoms with Gasteiger partial charge in [-0.15, -0.1) is 0 Å². The number of aromatic hydroxyl groups is 1. The third-order valence-corrected chi connectivity index (χ3v) is 13.7. The van der Waals surface area contributed by atoms with E-state index in [1.807, 2.05) is 18.2 Å². The quantitative estimate of drug-likeness (QED) is 0.212. The van der Waals surface area contributed by atoms with E-state index in [2.05, 4.69) is 80.7 Å². The number of rotatable bonds is 8. The van der Waals surface area contributed by atoms with Gasteiger partial charge in [0, 0.05) is 44.2 Å². The normalized spacial score (nSPS) is 24.7. The Morgan fingerprint density at radius 3 is 2.09 bits per heavy atom. The van der Waals surface area contributed by atoms with Gasteiger partial charge in [-0.2, -0.15) is 0 Å². The van der Waals surface area contributed by atoms with Gasteiger partial charge in [0.25, 0.3) is 11.8 Å². The van der Waals surface area contributed by atoms with Crippen LogP contribution in [0.15, 0.2) is 84.9 Å². The Morgan fingerprint density at radius 1 is 0.724 bits per heavy atom. The molecule has 58 heavy (non-hydrogen) atoms. The number of nitrogens with zero attached hydrogens (tertiary/aromatic N) is 4. The number of nitrogens with one attached hydrogen (secondary N) is 1. The van der Waals surface area contributed by atoms with Crippen LogP contribution in [-0.4, -0.2) is 94.4 Å². The summed E-state index contributed by atoms with van der Waals surface area (Å²) < 4.78 is 16.1. The van der Waals surface area contributed by atoms with Crippen molar-refractivity contribution in [1.29, 1.82) is 0 Å². The first-order chi connectivity index (χ1) is 28.1. The van der Waals surface area contributed by atoms with Crippen molar-refractivity contribution in [3.05, 3.63) is 129 Å². The lowest BCUT2D eigenvalue weighted by Gasteiger charge is -2.48. The molecule has 11 heteroatoms. The Bertz CT molecular complexity index is 2260. The van der Waals surface area contributed by atoms with Crippen LogP contribution in [-0.2, 0) is 29.1 Å². The summed E-state index contributed by atoms with van der Waals surface area (Å²) in [6.45, 7) is 5.23. The maximum absolute atomic E-state index is 16.1. The van der Waals surface area contributed by atoms with Crippen LogP contribution in [0.1, 0.15) is 98.0 Å². The van der Waals surface area contributed by atoms with E-state index in [9.17, 15) is 24.3 Å². The van der Waals surface area contributed by atoms with Crippen LogP contribution in [0.5, 0.6) is 5.75 Å².